The molecule has 1 aromatic heterocycles. The summed E-state index contributed by atoms with van der Waals surface area (Å²) in [6.45, 7) is 1.80. The fourth-order valence-corrected chi connectivity index (χ4v) is 2.28. The van der Waals surface area contributed by atoms with Crippen molar-refractivity contribution in [2.75, 3.05) is 12.4 Å². The third-order valence-corrected chi connectivity index (χ3v) is 3.45. The van der Waals surface area contributed by atoms with Gasteiger partial charge in [-0.2, -0.15) is 0 Å². The van der Waals surface area contributed by atoms with Crippen molar-refractivity contribution < 1.29 is 9.53 Å². The molecule has 0 aliphatic carbocycles. The average molecular weight is 308 g/mol. The van der Waals surface area contributed by atoms with Gasteiger partial charge in [-0.05, 0) is 31.2 Å². The van der Waals surface area contributed by atoms with Gasteiger partial charge in [0.25, 0.3) is 5.91 Å². The minimum Gasteiger partial charge on any atom is -0.494 e. The molecule has 6 nitrogen and oxygen atoms in total. The van der Waals surface area contributed by atoms with Gasteiger partial charge in [0, 0.05) is 5.69 Å². The molecule has 0 saturated carbocycles. The number of rotatable bonds is 4. The summed E-state index contributed by atoms with van der Waals surface area (Å²) in [6.07, 6.45) is 0. The van der Waals surface area contributed by atoms with E-state index in [1.165, 1.54) is 0 Å². The first kappa shape index (κ1) is 14.8. The Labute approximate surface area is 133 Å². The molecule has 1 N–H and O–H groups in total. The van der Waals surface area contributed by atoms with E-state index in [0.717, 1.165) is 5.69 Å². The highest BCUT2D eigenvalue weighted by Crippen LogP contribution is 2.23. The number of methoxy groups -OCH3 is 1. The number of carbonyl (C=O) groups excluding carboxylic acids is 1. The highest BCUT2D eigenvalue weighted by molar-refractivity contribution is 6.03. The zero-order chi connectivity index (χ0) is 16.2. The summed E-state index contributed by atoms with van der Waals surface area (Å²) < 4.78 is 6.93. The first-order valence-corrected chi connectivity index (χ1v) is 7.13. The Bertz CT molecular complexity index is 828. The van der Waals surface area contributed by atoms with Crippen LogP contribution in [0.25, 0.3) is 5.69 Å². The van der Waals surface area contributed by atoms with Gasteiger partial charge in [0.05, 0.1) is 12.8 Å². The molecule has 0 aliphatic rings. The Morgan fingerprint density at radius 3 is 2.52 bits per heavy atom. The molecule has 0 fully saturated rings. The van der Waals surface area contributed by atoms with E-state index in [-0.39, 0.29) is 11.6 Å². The van der Waals surface area contributed by atoms with Crippen molar-refractivity contribution in [1.82, 2.24) is 15.0 Å². The van der Waals surface area contributed by atoms with Gasteiger partial charge in [-0.3, -0.25) is 4.79 Å². The number of nitrogens with one attached hydrogen (secondary N) is 1. The lowest BCUT2D eigenvalue weighted by Crippen LogP contribution is -2.14. The van der Waals surface area contributed by atoms with Gasteiger partial charge in [0.2, 0.25) is 0 Å². The maximum Gasteiger partial charge on any atom is 0.278 e. The van der Waals surface area contributed by atoms with Crippen LogP contribution >= 0.6 is 0 Å². The van der Waals surface area contributed by atoms with Crippen LogP contribution in [0, 0.1) is 6.92 Å². The zero-order valence-corrected chi connectivity index (χ0v) is 12.9. The van der Waals surface area contributed by atoms with E-state index in [0.29, 0.717) is 17.1 Å². The molecule has 3 rings (SSSR count). The highest BCUT2D eigenvalue weighted by Gasteiger charge is 2.19. The standard InChI is InChI=1S/C17H16N4O2/c1-12-16(17(22)18-13-8-4-3-5-9-13)19-20-21(12)14-10-6-7-11-15(14)23-2/h3-11H,1-2H3,(H,18,22). The van der Waals surface area contributed by atoms with Gasteiger partial charge in [0.1, 0.15) is 11.4 Å². The van der Waals surface area contributed by atoms with E-state index >= 15 is 0 Å². The number of nitrogens with zero attached hydrogens (tertiary/aromatic N) is 3. The van der Waals surface area contributed by atoms with Crippen molar-refractivity contribution in [3.63, 3.8) is 0 Å². The molecular weight excluding hydrogens is 292 g/mol. The molecule has 2 aromatic carbocycles. The molecule has 0 saturated heterocycles. The summed E-state index contributed by atoms with van der Waals surface area (Å²) in [7, 11) is 1.59. The normalized spacial score (nSPS) is 10.3. The number of hydrogen-bond donors (Lipinski definition) is 1. The Balaban J connectivity index is 1.92. The first-order chi connectivity index (χ1) is 11.2. The fourth-order valence-electron chi connectivity index (χ4n) is 2.28. The second-order valence-electron chi connectivity index (χ2n) is 4.93. The van der Waals surface area contributed by atoms with Gasteiger partial charge in [0.15, 0.2) is 5.69 Å². The number of ether oxygens (including phenoxy) is 1. The molecule has 6 heteroatoms. The molecule has 0 unspecified atom stereocenters. The predicted molar refractivity (Wildman–Crippen MR) is 87.0 cm³/mol. The summed E-state index contributed by atoms with van der Waals surface area (Å²) in [5, 5.41) is 10.9. The van der Waals surface area contributed by atoms with Gasteiger partial charge in [-0.15, -0.1) is 5.10 Å². The molecule has 0 atom stereocenters. The van der Waals surface area contributed by atoms with Crippen molar-refractivity contribution >= 4 is 11.6 Å². The number of amides is 1. The van der Waals surface area contributed by atoms with Crippen LogP contribution in [0.15, 0.2) is 54.6 Å². The van der Waals surface area contributed by atoms with Crippen molar-refractivity contribution in [3.8, 4) is 11.4 Å². The quantitative estimate of drug-likeness (QED) is 0.804. The highest BCUT2D eigenvalue weighted by atomic mass is 16.5. The second kappa shape index (κ2) is 6.31. The predicted octanol–water partition coefficient (Wildman–Crippen LogP) is 2.84. The van der Waals surface area contributed by atoms with E-state index in [4.69, 9.17) is 4.74 Å². The monoisotopic (exact) mass is 308 g/mol. The lowest BCUT2D eigenvalue weighted by atomic mass is 10.2. The van der Waals surface area contributed by atoms with Crippen LogP contribution in [0.1, 0.15) is 16.2 Å². The average Bonchev–Trinajstić information content (AvgIpc) is 2.97. The molecule has 1 heterocycles. The second-order valence-corrected chi connectivity index (χ2v) is 4.93. The lowest BCUT2D eigenvalue weighted by Gasteiger charge is -2.09. The zero-order valence-electron chi connectivity index (χ0n) is 12.9. The van der Waals surface area contributed by atoms with E-state index in [9.17, 15) is 4.79 Å². The van der Waals surface area contributed by atoms with Crippen molar-refractivity contribution in [2.24, 2.45) is 0 Å². The van der Waals surface area contributed by atoms with Crippen LogP contribution in [0.5, 0.6) is 5.75 Å². The molecule has 0 bridgehead atoms. The van der Waals surface area contributed by atoms with Crippen molar-refractivity contribution in [2.45, 2.75) is 6.92 Å². The molecule has 0 radical (unpaired) electrons. The summed E-state index contributed by atoms with van der Waals surface area (Å²) in [6, 6.07) is 16.7. The fraction of sp³-hybridized carbons (Fsp3) is 0.118. The van der Waals surface area contributed by atoms with E-state index < -0.39 is 0 Å². The van der Waals surface area contributed by atoms with E-state index in [1.54, 1.807) is 18.7 Å². The van der Waals surface area contributed by atoms with Crippen LogP contribution in [-0.2, 0) is 0 Å². The molecule has 23 heavy (non-hydrogen) atoms. The minimum absolute atomic E-state index is 0.278. The third-order valence-electron chi connectivity index (χ3n) is 3.45. The van der Waals surface area contributed by atoms with Crippen molar-refractivity contribution in [1.29, 1.82) is 0 Å². The molecule has 116 valence electrons. The van der Waals surface area contributed by atoms with Crippen LogP contribution in [-0.4, -0.2) is 28.0 Å². The molecule has 0 aliphatic heterocycles. The summed E-state index contributed by atoms with van der Waals surface area (Å²) >= 11 is 0. The van der Waals surface area contributed by atoms with Gasteiger partial charge in [-0.25, -0.2) is 4.68 Å². The third kappa shape index (κ3) is 2.91. The van der Waals surface area contributed by atoms with Gasteiger partial charge >= 0.3 is 0 Å². The minimum atomic E-state index is -0.296. The Morgan fingerprint density at radius 2 is 1.78 bits per heavy atom. The first-order valence-electron chi connectivity index (χ1n) is 7.13. The summed E-state index contributed by atoms with van der Waals surface area (Å²) in [5.41, 5.74) is 2.37. The summed E-state index contributed by atoms with van der Waals surface area (Å²) in [4.78, 5) is 12.4. The number of aromatic nitrogens is 3. The maximum absolute atomic E-state index is 12.4. The molecular formula is C17H16N4O2. The number of hydrogen-bond acceptors (Lipinski definition) is 4. The Morgan fingerprint density at radius 1 is 1.09 bits per heavy atom. The van der Waals surface area contributed by atoms with Gasteiger partial charge < -0.3 is 10.1 Å². The summed E-state index contributed by atoms with van der Waals surface area (Å²) in [5.74, 6) is 0.366. The van der Waals surface area contributed by atoms with Gasteiger partial charge in [-0.1, -0.05) is 35.5 Å². The maximum atomic E-state index is 12.4. The van der Waals surface area contributed by atoms with E-state index in [2.05, 4.69) is 15.6 Å². The van der Waals surface area contributed by atoms with E-state index in [1.807, 2.05) is 54.6 Å². The topological polar surface area (TPSA) is 69.0 Å². The SMILES string of the molecule is COc1ccccc1-n1nnc(C(=O)Nc2ccccc2)c1C. The van der Waals surface area contributed by atoms with Crippen LogP contribution < -0.4 is 10.1 Å². The largest absolute Gasteiger partial charge is 0.494 e. The molecule has 1 amide bonds. The number of benzene rings is 2. The number of anilines is 1. The van der Waals surface area contributed by atoms with Crippen LogP contribution in [0.2, 0.25) is 0 Å². The molecule has 0 spiro atoms. The lowest BCUT2D eigenvalue weighted by molar-refractivity contribution is 0.102. The molecule has 3 aromatic rings. The smallest absolute Gasteiger partial charge is 0.278 e. The number of para-hydroxylation sites is 3. The van der Waals surface area contributed by atoms with Crippen LogP contribution in [0.3, 0.4) is 0 Å². The number of carbonyl (C=O) groups is 1. The van der Waals surface area contributed by atoms with Crippen LogP contribution in [0.4, 0.5) is 5.69 Å². The Hall–Kier alpha value is -3.15. The Kier molecular flexibility index (Phi) is 4.05. The van der Waals surface area contributed by atoms with Crippen molar-refractivity contribution in [3.05, 3.63) is 66.0 Å².